The lowest BCUT2D eigenvalue weighted by Crippen LogP contribution is -2.31. The number of carbonyl (C=O) groups is 2. The zero-order valence-electron chi connectivity index (χ0n) is 11.5. The van der Waals surface area contributed by atoms with Crippen LogP contribution in [0, 0.1) is 18.8 Å². The molecule has 0 aliphatic rings. The molecular weight excluding hydrogens is 248 g/mol. The van der Waals surface area contributed by atoms with Crippen molar-refractivity contribution in [1.29, 1.82) is 0 Å². The Bertz CT molecular complexity index is 440. The summed E-state index contributed by atoms with van der Waals surface area (Å²) < 4.78 is 4.82. The fourth-order valence-electron chi connectivity index (χ4n) is 1.95. The molecule has 0 saturated carbocycles. The van der Waals surface area contributed by atoms with Crippen molar-refractivity contribution in [2.75, 3.05) is 6.54 Å². The van der Waals surface area contributed by atoms with Crippen LogP contribution >= 0.6 is 0 Å². The highest BCUT2D eigenvalue weighted by Gasteiger charge is 2.17. The molecule has 1 unspecified atom stereocenters. The number of nitrogens with one attached hydrogen (secondary N) is 1. The first-order valence-corrected chi connectivity index (χ1v) is 6.31. The Kier molecular flexibility index (Phi) is 5.54. The van der Waals surface area contributed by atoms with Crippen LogP contribution in [0.2, 0.25) is 0 Å². The van der Waals surface area contributed by atoms with Gasteiger partial charge in [-0.1, -0.05) is 19.0 Å². The fourth-order valence-corrected chi connectivity index (χ4v) is 1.95. The maximum Gasteiger partial charge on any atom is 0.303 e. The molecule has 106 valence electrons. The average Bonchev–Trinajstić information content (AvgIpc) is 2.71. The standard InChI is InChI=1S/C13H20N2O4/c1-8(2)4-10(6-12(16)17)7-14-13(18)11-5-9(3)19-15-11/h5,8,10H,4,6-7H2,1-3H3,(H,14,18)(H,16,17). The molecule has 0 radical (unpaired) electrons. The van der Waals surface area contributed by atoms with Gasteiger partial charge >= 0.3 is 5.97 Å². The van der Waals surface area contributed by atoms with Crippen LogP contribution in [0.3, 0.4) is 0 Å². The predicted octanol–water partition coefficient (Wildman–Crippen LogP) is 1.85. The molecule has 0 aromatic carbocycles. The van der Waals surface area contributed by atoms with E-state index in [1.54, 1.807) is 13.0 Å². The number of carboxylic acids is 1. The summed E-state index contributed by atoms with van der Waals surface area (Å²) in [6.45, 7) is 6.08. The van der Waals surface area contributed by atoms with E-state index in [2.05, 4.69) is 10.5 Å². The third-order valence-corrected chi connectivity index (χ3v) is 2.68. The Labute approximate surface area is 112 Å². The number of carboxylic acid groups (broad SMARTS) is 1. The Balaban J connectivity index is 2.50. The van der Waals surface area contributed by atoms with E-state index in [0.29, 0.717) is 18.2 Å². The van der Waals surface area contributed by atoms with Crippen molar-refractivity contribution in [3.8, 4) is 0 Å². The molecule has 1 aromatic heterocycles. The number of rotatable bonds is 7. The molecule has 0 aliphatic carbocycles. The number of aryl methyl sites for hydroxylation is 1. The molecule has 0 fully saturated rings. The van der Waals surface area contributed by atoms with Gasteiger partial charge in [-0.25, -0.2) is 0 Å². The van der Waals surface area contributed by atoms with Crippen molar-refractivity contribution in [2.24, 2.45) is 11.8 Å². The minimum Gasteiger partial charge on any atom is -0.481 e. The number of aromatic nitrogens is 1. The van der Waals surface area contributed by atoms with Gasteiger partial charge in [-0.2, -0.15) is 0 Å². The number of amides is 1. The van der Waals surface area contributed by atoms with Crippen molar-refractivity contribution in [2.45, 2.75) is 33.6 Å². The lowest BCUT2D eigenvalue weighted by Gasteiger charge is -2.17. The normalized spacial score (nSPS) is 12.4. The summed E-state index contributed by atoms with van der Waals surface area (Å²) in [6, 6.07) is 1.55. The van der Waals surface area contributed by atoms with Crippen molar-refractivity contribution < 1.29 is 19.2 Å². The monoisotopic (exact) mass is 268 g/mol. The first-order chi connectivity index (χ1) is 8.88. The van der Waals surface area contributed by atoms with Gasteiger partial charge in [-0.05, 0) is 25.2 Å². The van der Waals surface area contributed by atoms with Crippen LogP contribution in [0.5, 0.6) is 0 Å². The number of hydrogen-bond donors (Lipinski definition) is 2. The summed E-state index contributed by atoms with van der Waals surface area (Å²) in [7, 11) is 0. The third-order valence-electron chi connectivity index (χ3n) is 2.68. The summed E-state index contributed by atoms with van der Waals surface area (Å²) in [5.74, 6) is -0.312. The van der Waals surface area contributed by atoms with Gasteiger partial charge in [0.1, 0.15) is 5.76 Å². The number of carbonyl (C=O) groups excluding carboxylic acids is 1. The van der Waals surface area contributed by atoms with Crippen LogP contribution in [0.25, 0.3) is 0 Å². The van der Waals surface area contributed by atoms with Gasteiger partial charge in [0.15, 0.2) is 5.69 Å². The van der Waals surface area contributed by atoms with Gasteiger partial charge in [0.05, 0.1) is 0 Å². The van der Waals surface area contributed by atoms with Crippen LogP contribution in [-0.2, 0) is 4.79 Å². The van der Waals surface area contributed by atoms with E-state index in [1.165, 1.54) is 0 Å². The minimum absolute atomic E-state index is 0.0519. The Morgan fingerprint density at radius 2 is 2.16 bits per heavy atom. The minimum atomic E-state index is -0.850. The fraction of sp³-hybridized carbons (Fsp3) is 0.615. The number of hydrogen-bond acceptors (Lipinski definition) is 4. The van der Waals surface area contributed by atoms with Gasteiger partial charge in [-0.3, -0.25) is 9.59 Å². The van der Waals surface area contributed by atoms with Crippen LogP contribution in [-0.4, -0.2) is 28.7 Å². The molecule has 1 aromatic rings. The summed E-state index contributed by atoms with van der Waals surface area (Å²) in [5.41, 5.74) is 0.219. The van der Waals surface area contributed by atoms with Crippen LogP contribution in [0.4, 0.5) is 0 Å². The quantitative estimate of drug-likeness (QED) is 0.787. The van der Waals surface area contributed by atoms with Gasteiger partial charge in [0, 0.05) is 19.0 Å². The zero-order valence-corrected chi connectivity index (χ0v) is 11.5. The van der Waals surface area contributed by atoms with Gasteiger partial charge in [-0.15, -0.1) is 0 Å². The van der Waals surface area contributed by atoms with E-state index in [-0.39, 0.29) is 23.9 Å². The summed E-state index contributed by atoms with van der Waals surface area (Å²) in [5, 5.41) is 15.2. The second kappa shape index (κ2) is 6.92. The largest absolute Gasteiger partial charge is 0.481 e. The molecule has 0 aliphatic heterocycles. The molecule has 6 nitrogen and oxygen atoms in total. The molecule has 2 N–H and O–H groups in total. The molecule has 0 spiro atoms. The third kappa shape index (κ3) is 5.54. The molecule has 1 atom stereocenters. The van der Waals surface area contributed by atoms with E-state index in [0.717, 1.165) is 6.42 Å². The van der Waals surface area contributed by atoms with E-state index in [1.807, 2.05) is 13.8 Å². The van der Waals surface area contributed by atoms with E-state index >= 15 is 0 Å². The average molecular weight is 268 g/mol. The molecule has 1 rings (SSSR count). The van der Waals surface area contributed by atoms with E-state index < -0.39 is 5.97 Å². The van der Waals surface area contributed by atoms with Crippen molar-refractivity contribution in [3.63, 3.8) is 0 Å². The van der Waals surface area contributed by atoms with E-state index in [9.17, 15) is 9.59 Å². The highest BCUT2D eigenvalue weighted by molar-refractivity contribution is 5.92. The summed E-state index contributed by atoms with van der Waals surface area (Å²) in [4.78, 5) is 22.5. The number of aliphatic carboxylic acids is 1. The maximum absolute atomic E-state index is 11.8. The van der Waals surface area contributed by atoms with Crippen molar-refractivity contribution in [1.82, 2.24) is 10.5 Å². The molecule has 0 bridgehead atoms. The molecule has 1 heterocycles. The van der Waals surface area contributed by atoms with Crippen LogP contribution in [0.1, 0.15) is 42.9 Å². The first kappa shape index (κ1) is 15.2. The van der Waals surface area contributed by atoms with Gasteiger partial charge < -0.3 is 14.9 Å². The second-order valence-corrected chi connectivity index (χ2v) is 5.13. The number of nitrogens with zero attached hydrogens (tertiary/aromatic N) is 1. The lowest BCUT2D eigenvalue weighted by molar-refractivity contribution is -0.138. The SMILES string of the molecule is Cc1cc(C(=O)NCC(CC(=O)O)CC(C)C)no1. The van der Waals surface area contributed by atoms with Crippen LogP contribution in [0.15, 0.2) is 10.6 Å². The Morgan fingerprint density at radius 3 is 2.63 bits per heavy atom. The first-order valence-electron chi connectivity index (χ1n) is 6.31. The molecule has 6 heteroatoms. The van der Waals surface area contributed by atoms with Crippen LogP contribution < -0.4 is 5.32 Å². The lowest BCUT2D eigenvalue weighted by atomic mass is 9.94. The topological polar surface area (TPSA) is 92.4 Å². The highest BCUT2D eigenvalue weighted by Crippen LogP contribution is 2.15. The maximum atomic E-state index is 11.8. The second-order valence-electron chi connectivity index (χ2n) is 5.13. The van der Waals surface area contributed by atoms with Crippen molar-refractivity contribution >= 4 is 11.9 Å². The molecular formula is C13H20N2O4. The Hall–Kier alpha value is -1.85. The van der Waals surface area contributed by atoms with E-state index in [4.69, 9.17) is 9.63 Å². The summed E-state index contributed by atoms with van der Waals surface area (Å²) >= 11 is 0. The van der Waals surface area contributed by atoms with Gasteiger partial charge in [0.25, 0.3) is 5.91 Å². The van der Waals surface area contributed by atoms with Crippen molar-refractivity contribution in [3.05, 3.63) is 17.5 Å². The highest BCUT2D eigenvalue weighted by atomic mass is 16.5. The predicted molar refractivity (Wildman–Crippen MR) is 68.8 cm³/mol. The summed E-state index contributed by atoms with van der Waals surface area (Å²) in [6.07, 6.45) is 0.806. The zero-order chi connectivity index (χ0) is 14.4. The smallest absolute Gasteiger partial charge is 0.303 e. The van der Waals surface area contributed by atoms with Gasteiger partial charge in [0.2, 0.25) is 0 Å². The Morgan fingerprint density at radius 1 is 1.47 bits per heavy atom. The molecule has 0 saturated heterocycles. The molecule has 1 amide bonds. The molecule has 19 heavy (non-hydrogen) atoms.